The molecule has 1 heteroatoms. The summed E-state index contributed by atoms with van der Waals surface area (Å²) in [6.07, 6.45) is 9.49. The Balaban J connectivity index is 2.74. The Bertz CT molecular complexity index is 230. The first-order valence-electron chi connectivity index (χ1n) is 7.53. The molecule has 1 rings (SSSR count). The lowest BCUT2D eigenvalue weighted by Crippen LogP contribution is -2.17. The van der Waals surface area contributed by atoms with Crippen molar-refractivity contribution in [2.75, 3.05) is 6.61 Å². The Kier molecular flexibility index (Phi) is 6.87. The number of ether oxygens (including phenoxy) is 1. The molecular formula is C16H30O. The fourth-order valence-corrected chi connectivity index (χ4v) is 2.74. The second-order valence-corrected chi connectivity index (χ2v) is 5.62. The van der Waals surface area contributed by atoms with Crippen molar-refractivity contribution in [2.24, 2.45) is 5.92 Å². The van der Waals surface area contributed by atoms with E-state index in [9.17, 15) is 0 Å². The zero-order chi connectivity index (χ0) is 12.7. The maximum atomic E-state index is 5.91. The van der Waals surface area contributed by atoms with Crippen LogP contribution < -0.4 is 0 Å². The molecule has 1 unspecified atom stereocenters. The van der Waals surface area contributed by atoms with E-state index in [4.69, 9.17) is 4.74 Å². The molecule has 0 spiro atoms. The summed E-state index contributed by atoms with van der Waals surface area (Å²) in [5.41, 5.74) is 3.38. The number of hydrogen-bond donors (Lipinski definition) is 0. The maximum Gasteiger partial charge on any atom is 0.0811 e. The van der Waals surface area contributed by atoms with Gasteiger partial charge in [-0.05, 0) is 43.6 Å². The largest absolute Gasteiger partial charge is 0.373 e. The van der Waals surface area contributed by atoms with E-state index in [1.54, 1.807) is 11.1 Å². The molecule has 0 aromatic carbocycles. The summed E-state index contributed by atoms with van der Waals surface area (Å²) >= 11 is 0. The Morgan fingerprint density at radius 3 is 2.24 bits per heavy atom. The van der Waals surface area contributed by atoms with Crippen molar-refractivity contribution in [3.05, 3.63) is 11.1 Å². The zero-order valence-corrected chi connectivity index (χ0v) is 12.2. The lowest BCUT2D eigenvalue weighted by atomic mass is 9.89. The molecule has 0 amide bonds. The van der Waals surface area contributed by atoms with E-state index in [-0.39, 0.29) is 0 Å². The Hall–Kier alpha value is -0.300. The average molecular weight is 238 g/mol. The van der Waals surface area contributed by atoms with Crippen LogP contribution in [0, 0.1) is 5.92 Å². The molecule has 1 aliphatic heterocycles. The summed E-state index contributed by atoms with van der Waals surface area (Å²) in [5.74, 6) is 0.630. The highest BCUT2D eigenvalue weighted by Crippen LogP contribution is 2.32. The minimum absolute atomic E-state index is 0.415. The van der Waals surface area contributed by atoms with Gasteiger partial charge in [0, 0.05) is 0 Å². The minimum atomic E-state index is 0.415. The van der Waals surface area contributed by atoms with Crippen molar-refractivity contribution in [1.82, 2.24) is 0 Å². The third kappa shape index (κ3) is 4.46. The second kappa shape index (κ2) is 7.92. The number of hydrogen-bond acceptors (Lipinski definition) is 1. The van der Waals surface area contributed by atoms with Gasteiger partial charge in [-0.3, -0.25) is 0 Å². The van der Waals surface area contributed by atoms with Crippen LogP contribution in [-0.2, 0) is 4.74 Å². The lowest BCUT2D eigenvalue weighted by Gasteiger charge is -2.20. The molecule has 0 aliphatic carbocycles. The van der Waals surface area contributed by atoms with E-state index in [0.29, 0.717) is 12.0 Å². The third-order valence-electron chi connectivity index (χ3n) is 3.74. The van der Waals surface area contributed by atoms with E-state index in [1.807, 2.05) is 0 Å². The summed E-state index contributed by atoms with van der Waals surface area (Å²) in [5, 5.41) is 0. The van der Waals surface area contributed by atoms with E-state index >= 15 is 0 Å². The standard InChI is InChI=1S/C16H30O/c1-5-7-9-14(10-8-6-2)15-11-12-17-16(15)13(3)4/h13,16H,5-12H2,1-4H3. The van der Waals surface area contributed by atoms with Crippen LogP contribution in [-0.4, -0.2) is 12.7 Å². The molecule has 0 saturated carbocycles. The predicted octanol–water partition coefficient (Wildman–Crippen LogP) is 5.11. The van der Waals surface area contributed by atoms with Crippen LogP contribution in [0.25, 0.3) is 0 Å². The molecule has 1 heterocycles. The first-order valence-corrected chi connectivity index (χ1v) is 7.53. The molecule has 1 atom stereocenters. The van der Waals surface area contributed by atoms with Crippen molar-refractivity contribution < 1.29 is 4.74 Å². The van der Waals surface area contributed by atoms with Gasteiger partial charge in [0.05, 0.1) is 12.7 Å². The Morgan fingerprint density at radius 1 is 1.18 bits per heavy atom. The number of allylic oxidation sites excluding steroid dienone is 1. The van der Waals surface area contributed by atoms with Crippen LogP contribution in [0.2, 0.25) is 0 Å². The monoisotopic (exact) mass is 238 g/mol. The van der Waals surface area contributed by atoms with Gasteiger partial charge >= 0.3 is 0 Å². The van der Waals surface area contributed by atoms with E-state index in [1.165, 1.54) is 44.9 Å². The first kappa shape index (κ1) is 14.8. The van der Waals surface area contributed by atoms with Crippen LogP contribution >= 0.6 is 0 Å². The SMILES string of the molecule is CCCCC(CCCC)=C1CCOC1C(C)C. The van der Waals surface area contributed by atoms with Crippen molar-refractivity contribution in [2.45, 2.75) is 78.7 Å². The molecule has 0 N–H and O–H groups in total. The van der Waals surface area contributed by atoms with Crippen LogP contribution in [0.15, 0.2) is 11.1 Å². The minimum Gasteiger partial charge on any atom is -0.373 e. The molecule has 1 saturated heterocycles. The quantitative estimate of drug-likeness (QED) is 0.560. The van der Waals surface area contributed by atoms with Crippen LogP contribution in [0.4, 0.5) is 0 Å². The highest BCUT2D eigenvalue weighted by Gasteiger charge is 2.26. The van der Waals surface area contributed by atoms with Gasteiger partial charge in [-0.2, -0.15) is 0 Å². The van der Waals surface area contributed by atoms with Crippen molar-refractivity contribution in [3.8, 4) is 0 Å². The fraction of sp³-hybridized carbons (Fsp3) is 0.875. The van der Waals surface area contributed by atoms with Gasteiger partial charge in [0.25, 0.3) is 0 Å². The molecular weight excluding hydrogens is 208 g/mol. The number of rotatable bonds is 7. The van der Waals surface area contributed by atoms with Gasteiger partial charge in [0.2, 0.25) is 0 Å². The van der Waals surface area contributed by atoms with Crippen LogP contribution in [0.3, 0.4) is 0 Å². The molecule has 1 nitrogen and oxygen atoms in total. The average Bonchev–Trinajstić information content (AvgIpc) is 2.78. The van der Waals surface area contributed by atoms with Crippen LogP contribution in [0.1, 0.15) is 72.6 Å². The van der Waals surface area contributed by atoms with Gasteiger partial charge < -0.3 is 4.74 Å². The van der Waals surface area contributed by atoms with E-state index in [2.05, 4.69) is 27.7 Å². The normalized spacial score (nSPS) is 20.3. The summed E-state index contributed by atoms with van der Waals surface area (Å²) in [6.45, 7) is 10.1. The summed E-state index contributed by atoms with van der Waals surface area (Å²) in [4.78, 5) is 0. The smallest absolute Gasteiger partial charge is 0.0811 e. The molecule has 17 heavy (non-hydrogen) atoms. The molecule has 100 valence electrons. The molecule has 0 aromatic heterocycles. The molecule has 1 fully saturated rings. The molecule has 0 bridgehead atoms. The zero-order valence-electron chi connectivity index (χ0n) is 12.2. The summed E-state index contributed by atoms with van der Waals surface area (Å²) < 4.78 is 5.91. The summed E-state index contributed by atoms with van der Waals surface area (Å²) in [7, 11) is 0. The first-order chi connectivity index (χ1) is 8.20. The molecule has 1 aliphatic rings. The van der Waals surface area contributed by atoms with Crippen LogP contribution in [0.5, 0.6) is 0 Å². The highest BCUT2D eigenvalue weighted by molar-refractivity contribution is 5.22. The van der Waals surface area contributed by atoms with Crippen molar-refractivity contribution in [3.63, 3.8) is 0 Å². The highest BCUT2D eigenvalue weighted by atomic mass is 16.5. The number of unbranched alkanes of at least 4 members (excludes halogenated alkanes) is 2. The summed E-state index contributed by atoms with van der Waals surface area (Å²) in [6, 6.07) is 0. The molecule has 0 aromatic rings. The van der Waals surface area contributed by atoms with E-state index < -0.39 is 0 Å². The van der Waals surface area contributed by atoms with Gasteiger partial charge in [-0.25, -0.2) is 0 Å². The fourth-order valence-electron chi connectivity index (χ4n) is 2.74. The van der Waals surface area contributed by atoms with Crippen molar-refractivity contribution in [1.29, 1.82) is 0 Å². The second-order valence-electron chi connectivity index (χ2n) is 5.62. The maximum absolute atomic E-state index is 5.91. The van der Waals surface area contributed by atoms with Gasteiger partial charge in [-0.1, -0.05) is 46.1 Å². The predicted molar refractivity (Wildman–Crippen MR) is 75.3 cm³/mol. The van der Waals surface area contributed by atoms with E-state index in [0.717, 1.165) is 6.61 Å². The third-order valence-corrected chi connectivity index (χ3v) is 3.74. The van der Waals surface area contributed by atoms with Gasteiger partial charge in [0.15, 0.2) is 0 Å². The Labute approximate surface area is 108 Å². The molecule has 0 radical (unpaired) electrons. The lowest BCUT2D eigenvalue weighted by molar-refractivity contribution is 0.0901. The topological polar surface area (TPSA) is 9.23 Å². The van der Waals surface area contributed by atoms with Gasteiger partial charge in [0.1, 0.15) is 0 Å². The van der Waals surface area contributed by atoms with Gasteiger partial charge in [-0.15, -0.1) is 0 Å². The Morgan fingerprint density at radius 2 is 1.76 bits per heavy atom. The van der Waals surface area contributed by atoms with Crippen molar-refractivity contribution >= 4 is 0 Å².